The molecule has 1 aromatic heterocycles. The molecule has 3 atom stereocenters. The largest absolute Gasteiger partial charge is 0.444 e. The lowest BCUT2D eigenvalue weighted by atomic mass is 9.72. The maximum atomic E-state index is 15.2. The number of rotatable bonds is 10. The third-order valence-corrected chi connectivity index (χ3v) is 6.56. The molecular formula is C22H33F2N5O5. The molecule has 0 bridgehead atoms. The number of alkyl halides is 2. The molecule has 2 saturated carbocycles. The normalized spacial score (nSPS) is 21.0. The van der Waals surface area contributed by atoms with Gasteiger partial charge in [0.05, 0.1) is 5.54 Å². The lowest BCUT2D eigenvalue weighted by Crippen LogP contribution is -2.67. The third-order valence-electron chi connectivity index (χ3n) is 6.56. The predicted octanol–water partition coefficient (Wildman–Crippen LogP) is 1.88. The van der Waals surface area contributed by atoms with Gasteiger partial charge in [-0.1, -0.05) is 12.8 Å². The number of amides is 3. The van der Waals surface area contributed by atoms with E-state index in [9.17, 15) is 23.9 Å². The molecule has 2 aliphatic rings. The van der Waals surface area contributed by atoms with Crippen LogP contribution in [0.3, 0.4) is 0 Å². The second-order valence-electron chi connectivity index (χ2n) is 9.39. The Hall–Kier alpha value is -2.76. The molecule has 1 aromatic rings. The number of aryl methyl sites for hydroxylation is 1. The highest BCUT2D eigenvalue weighted by molar-refractivity contribution is 5.95. The minimum absolute atomic E-state index is 0.247. The molecule has 2 aliphatic carbocycles. The number of aromatic nitrogens is 2. The Kier molecular flexibility index (Phi) is 8.11. The first-order valence-electron chi connectivity index (χ1n) is 11.6. The van der Waals surface area contributed by atoms with E-state index in [0.29, 0.717) is 32.1 Å². The van der Waals surface area contributed by atoms with E-state index in [4.69, 9.17) is 4.74 Å². The average molecular weight is 486 g/mol. The van der Waals surface area contributed by atoms with E-state index in [-0.39, 0.29) is 25.1 Å². The predicted molar refractivity (Wildman–Crippen MR) is 118 cm³/mol. The zero-order chi connectivity index (χ0) is 24.9. The van der Waals surface area contributed by atoms with Gasteiger partial charge in [-0.25, -0.2) is 13.6 Å². The van der Waals surface area contributed by atoms with E-state index in [1.807, 2.05) is 0 Å². The van der Waals surface area contributed by atoms with E-state index in [2.05, 4.69) is 21.0 Å². The summed E-state index contributed by atoms with van der Waals surface area (Å²) in [6.07, 6.45) is 0.860. The summed E-state index contributed by atoms with van der Waals surface area (Å²) in [6, 6.07) is 0.245. The number of hydrogen-bond donors (Lipinski definition) is 4. The number of nitrogens with one attached hydrogen (secondary N) is 3. The lowest BCUT2D eigenvalue weighted by Gasteiger charge is -2.45. The van der Waals surface area contributed by atoms with Crippen LogP contribution < -0.4 is 16.0 Å². The fourth-order valence-corrected chi connectivity index (χ4v) is 4.46. The Morgan fingerprint density at radius 3 is 2.41 bits per heavy atom. The van der Waals surface area contributed by atoms with E-state index in [1.165, 1.54) is 11.6 Å². The number of anilines is 1. The molecule has 0 spiro atoms. The van der Waals surface area contributed by atoms with Crippen LogP contribution in [0.5, 0.6) is 0 Å². The number of ether oxygens (including phenoxy) is 1. The summed E-state index contributed by atoms with van der Waals surface area (Å²) in [5.41, 5.74) is -2.89. The molecule has 3 rings (SSSR count). The minimum atomic E-state index is -1.64. The van der Waals surface area contributed by atoms with E-state index < -0.39 is 54.0 Å². The van der Waals surface area contributed by atoms with Crippen LogP contribution >= 0.6 is 0 Å². The smallest absolute Gasteiger partial charge is 0.408 e. The van der Waals surface area contributed by atoms with Gasteiger partial charge in [-0.2, -0.15) is 5.10 Å². The fraction of sp³-hybridized carbons (Fsp3) is 0.727. The van der Waals surface area contributed by atoms with Crippen molar-refractivity contribution in [3.63, 3.8) is 0 Å². The summed E-state index contributed by atoms with van der Waals surface area (Å²) in [5.74, 6) is -1.23. The van der Waals surface area contributed by atoms with Gasteiger partial charge >= 0.3 is 6.09 Å². The van der Waals surface area contributed by atoms with Crippen molar-refractivity contribution in [3.05, 3.63) is 12.3 Å². The van der Waals surface area contributed by atoms with Crippen LogP contribution in [-0.4, -0.2) is 68.9 Å². The molecule has 34 heavy (non-hydrogen) atoms. The zero-order valence-corrected chi connectivity index (χ0v) is 19.5. The Labute approximate surface area is 196 Å². The lowest BCUT2D eigenvalue weighted by molar-refractivity contribution is -0.137. The molecule has 2 fully saturated rings. The molecule has 0 radical (unpaired) electrons. The molecule has 0 aromatic carbocycles. The summed E-state index contributed by atoms with van der Waals surface area (Å²) in [5, 5.41) is 22.3. The summed E-state index contributed by atoms with van der Waals surface area (Å²) in [4.78, 5) is 38.0. The van der Waals surface area contributed by atoms with Gasteiger partial charge in [0.15, 0.2) is 11.9 Å². The molecule has 10 nitrogen and oxygen atoms in total. The van der Waals surface area contributed by atoms with Crippen LogP contribution in [0.15, 0.2) is 12.3 Å². The highest BCUT2D eigenvalue weighted by Gasteiger charge is 2.50. The number of hydrogen-bond acceptors (Lipinski definition) is 6. The standard InChI is InChI=1S/C22H33F2N5O5/c1-14(13-23)34-20(33)25-15(12-21(24)7-3-4-8-21)18(31)27-22(9-5-10-22)17(30)19(32)26-16-6-11-29(2)28-16/h6,11,14-15,17,30H,3-5,7-10,12-13H2,1-2H3,(H,25,33)(H,27,31)(H,26,28,32). The topological polar surface area (TPSA) is 135 Å². The highest BCUT2D eigenvalue weighted by atomic mass is 19.1. The van der Waals surface area contributed by atoms with Crippen molar-refractivity contribution in [2.75, 3.05) is 12.0 Å². The molecule has 190 valence electrons. The Morgan fingerprint density at radius 1 is 1.21 bits per heavy atom. The summed E-state index contributed by atoms with van der Waals surface area (Å²) >= 11 is 0. The Morgan fingerprint density at radius 2 is 1.88 bits per heavy atom. The summed E-state index contributed by atoms with van der Waals surface area (Å²) < 4.78 is 34.3. The molecule has 3 amide bonds. The van der Waals surface area contributed by atoms with Crippen molar-refractivity contribution in [1.82, 2.24) is 20.4 Å². The molecule has 1 heterocycles. The molecule has 0 saturated heterocycles. The minimum Gasteiger partial charge on any atom is -0.444 e. The number of aliphatic hydroxyl groups excluding tert-OH is 1. The monoisotopic (exact) mass is 485 g/mol. The molecule has 12 heteroatoms. The molecule has 3 unspecified atom stereocenters. The first-order chi connectivity index (χ1) is 16.1. The van der Waals surface area contributed by atoms with Crippen molar-refractivity contribution >= 4 is 23.7 Å². The highest BCUT2D eigenvalue weighted by Crippen LogP contribution is 2.38. The Bertz CT molecular complexity index is 885. The summed E-state index contributed by atoms with van der Waals surface area (Å²) in [6.45, 7) is 0.445. The quantitative estimate of drug-likeness (QED) is 0.400. The van der Waals surface area contributed by atoms with Gasteiger partial charge in [0.2, 0.25) is 5.91 Å². The van der Waals surface area contributed by atoms with E-state index in [0.717, 1.165) is 0 Å². The number of carbonyl (C=O) groups excluding carboxylic acids is 3. The summed E-state index contributed by atoms with van der Waals surface area (Å²) in [7, 11) is 1.67. The SMILES string of the molecule is CC(CF)OC(=O)NC(CC1(F)CCCC1)C(=O)NC1(C(O)C(=O)Nc2ccn(C)n2)CCC1. The number of nitrogens with zero attached hydrogens (tertiary/aromatic N) is 2. The number of carbonyl (C=O) groups is 3. The second kappa shape index (κ2) is 10.7. The van der Waals surface area contributed by atoms with Crippen LogP contribution in [0, 0.1) is 0 Å². The first-order valence-corrected chi connectivity index (χ1v) is 11.6. The van der Waals surface area contributed by atoms with Gasteiger partial charge in [-0.3, -0.25) is 14.3 Å². The van der Waals surface area contributed by atoms with Crippen molar-refractivity contribution in [2.24, 2.45) is 7.05 Å². The van der Waals surface area contributed by atoms with Crippen molar-refractivity contribution in [2.45, 2.75) is 87.7 Å². The van der Waals surface area contributed by atoms with Gasteiger partial charge in [0, 0.05) is 25.7 Å². The van der Waals surface area contributed by atoms with Gasteiger partial charge in [0.25, 0.3) is 5.91 Å². The van der Waals surface area contributed by atoms with Crippen molar-refractivity contribution in [3.8, 4) is 0 Å². The number of aliphatic hydroxyl groups is 1. The van der Waals surface area contributed by atoms with Crippen LogP contribution in [0.25, 0.3) is 0 Å². The molecule has 0 aliphatic heterocycles. The number of halogens is 2. The van der Waals surface area contributed by atoms with Crippen LogP contribution in [0.2, 0.25) is 0 Å². The zero-order valence-electron chi connectivity index (χ0n) is 19.5. The third kappa shape index (κ3) is 6.22. The first kappa shape index (κ1) is 25.9. The second-order valence-corrected chi connectivity index (χ2v) is 9.39. The maximum absolute atomic E-state index is 15.2. The number of alkyl carbamates (subject to hydrolysis) is 1. The van der Waals surface area contributed by atoms with E-state index >= 15 is 4.39 Å². The molecular weight excluding hydrogens is 452 g/mol. The van der Waals surface area contributed by atoms with Gasteiger partial charge in [-0.05, 0) is 39.0 Å². The van der Waals surface area contributed by atoms with Gasteiger partial charge in [-0.15, -0.1) is 0 Å². The van der Waals surface area contributed by atoms with Crippen LogP contribution in [0.4, 0.5) is 19.4 Å². The van der Waals surface area contributed by atoms with Gasteiger partial charge < -0.3 is 25.8 Å². The Balaban J connectivity index is 1.70. The average Bonchev–Trinajstić information content (AvgIpc) is 3.37. The molecule has 4 N–H and O–H groups in total. The van der Waals surface area contributed by atoms with Crippen LogP contribution in [-0.2, 0) is 21.4 Å². The maximum Gasteiger partial charge on any atom is 0.408 e. The van der Waals surface area contributed by atoms with Crippen molar-refractivity contribution < 1.29 is 33.0 Å². The van der Waals surface area contributed by atoms with E-state index in [1.54, 1.807) is 19.3 Å². The van der Waals surface area contributed by atoms with Crippen molar-refractivity contribution in [1.29, 1.82) is 0 Å². The van der Waals surface area contributed by atoms with Crippen LogP contribution in [0.1, 0.15) is 58.3 Å². The fourth-order valence-electron chi connectivity index (χ4n) is 4.46. The van der Waals surface area contributed by atoms with Gasteiger partial charge in [0.1, 0.15) is 24.5 Å².